The number of nitrogens with zero attached hydrogens (tertiary/aromatic N) is 2. The summed E-state index contributed by atoms with van der Waals surface area (Å²) >= 11 is 6.01. The molecule has 0 unspecified atom stereocenters. The average Bonchev–Trinajstić information content (AvgIpc) is 2.81. The molecular formula is C25H25ClFN3O5S. The Bertz CT molecular complexity index is 1350. The number of benzene rings is 3. The van der Waals surface area contributed by atoms with Crippen LogP contribution >= 0.6 is 11.6 Å². The van der Waals surface area contributed by atoms with E-state index in [1.807, 2.05) is 25.1 Å². The van der Waals surface area contributed by atoms with Crippen LogP contribution in [0.1, 0.15) is 18.1 Å². The van der Waals surface area contributed by atoms with E-state index in [1.54, 1.807) is 24.3 Å². The van der Waals surface area contributed by atoms with Crippen LogP contribution in [0.25, 0.3) is 0 Å². The number of rotatable bonds is 11. The molecule has 0 saturated heterocycles. The number of amides is 1. The SMILES string of the molecule is CCOc1cc(C=NNC(=O)CN(c2cccc(F)c2)S(C)(=O)=O)ccc1OCc1cccc(Cl)c1. The third kappa shape index (κ3) is 7.96. The molecule has 0 spiro atoms. The number of carbonyl (C=O) groups excluding carboxylic acids is 1. The van der Waals surface area contributed by atoms with E-state index >= 15 is 0 Å². The van der Waals surface area contributed by atoms with Gasteiger partial charge in [0.05, 0.1) is 24.8 Å². The van der Waals surface area contributed by atoms with Gasteiger partial charge < -0.3 is 9.47 Å². The monoisotopic (exact) mass is 533 g/mol. The normalized spacial score (nSPS) is 11.3. The molecular weight excluding hydrogens is 509 g/mol. The summed E-state index contributed by atoms with van der Waals surface area (Å²) in [6, 6.07) is 17.4. The van der Waals surface area contributed by atoms with Crippen LogP contribution in [0.4, 0.5) is 10.1 Å². The lowest BCUT2D eigenvalue weighted by Crippen LogP contribution is -2.39. The Kier molecular flexibility index (Phi) is 9.26. The van der Waals surface area contributed by atoms with Crippen molar-refractivity contribution in [2.24, 2.45) is 5.10 Å². The number of ether oxygens (including phenoxy) is 2. The van der Waals surface area contributed by atoms with Gasteiger partial charge in [0.15, 0.2) is 11.5 Å². The highest BCUT2D eigenvalue weighted by Crippen LogP contribution is 2.29. The molecule has 3 aromatic rings. The molecule has 3 aromatic carbocycles. The second-order valence-electron chi connectivity index (χ2n) is 7.60. The van der Waals surface area contributed by atoms with Gasteiger partial charge in [-0.25, -0.2) is 18.2 Å². The van der Waals surface area contributed by atoms with Gasteiger partial charge in [-0.05, 0) is 66.6 Å². The van der Waals surface area contributed by atoms with Crippen molar-refractivity contribution in [2.45, 2.75) is 13.5 Å². The van der Waals surface area contributed by atoms with Gasteiger partial charge in [0.1, 0.15) is 19.0 Å². The van der Waals surface area contributed by atoms with E-state index in [-0.39, 0.29) is 5.69 Å². The first-order valence-corrected chi connectivity index (χ1v) is 13.1. The van der Waals surface area contributed by atoms with Crippen molar-refractivity contribution in [3.8, 4) is 11.5 Å². The fourth-order valence-electron chi connectivity index (χ4n) is 3.16. The first-order chi connectivity index (χ1) is 17.2. The van der Waals surface area contributed by atoms with Gasteiger partial charge in [-0.3, -0.25) is 9.10 Å². The summed E-state index contributed by atoms with van der Waals surface area (Å²) in [5.41, 5.74) is 3.83. The van der Waals surface area contributed by atoms with E-state index in [0.717, 1.165) is 22.2 Å². The van der Waals surface area contributed by atoms with Gasteiger partial charge in [0.25, 0.3) is 5.91 Å². The highest BCUT2D eigenvalue weighted by molar-refractivity contribution is 7.92. The van der Waals surface area contributed by atoms with Gasteiger partial charge in [-0.15, -0.1) is 0 Å². The number of hydrazone groups is 1. The van der Waals surface area contributed by atoms with Crippen LogP contribution in [-0.2, 0) is 21.4 Å². The van der Waals surface area contributed by atoms with Crippen LogP contribution in [0.3, 0.4) is 0 Å². The molecule has 3 rings (SSSR count). The minimum atomic E-state index is -3.84. The number of anilines is 1. The Labute approximate surface area is 214 Å². The van der Waals surface area contributed by atoms with E-state index in [9.17, 15) is 17.6 Å². The zero-order valence-corrected chi connectivity index (χ0v) is 21.2. The predicted octanol–water partition coefficient (Wildman–Crippen LogP) is 4.37. The third-order valence-electron chi connectivity index (χ3n) is 4.74. The number of hydrogen-bond donors (Lipinski definition) is 1. The first kappa shape index (κ1) is 27.0. The van der Waals surface area contributed by atoms with Crippen molar-refractivity contribution in [1.29, 1.82) is 0 Å². The highest BCUT2D eigenvalue weighted by atomic mass is 35.5. The molecule has 8 nitrogen and oxygen atoms in total. The zero-order chi connectivity index (χ0) is 26.1. The highest BCUT2D eigenvalue weighted by Gasteiger charge is 2.21. The Hall–Kier alpha value is -3.63. The maximum Gasteiger partial charge on any atom is 0.260 e. The van der Waals surface area contributed by atoms with Crippen LogP contribution < -0.4 is 19.2 Å². The number of nitrogens with one attached hydrogen (secondary N) is 1. The number of hydrogen-bond acceptors (Lipinski definition) is 6. The number of sulfonamides is 1. The maximum absolute atomic E-state index is 13.5. The molecule has 0 radical (unpaired) electrons. The smallest absolute Gasteiger partial charge is 0.260 e. The van der Waals surface area contributed by atoms with Crippen molar-refractivity contribution in [3.63, 3.8) is 0 Å². The van der Waals surface area contributed by atoms with Crippen molar-refractivity contribution < 1.29 is 27.1 Å². The minimum absolute atomic E-state index is 0.0337. The summed E-state index contributed by atoms with van der Waals surface area (Å²) in [7, 11) is -3.84. The summed E-state index contributed by atoms with van der Waals surface area (Å²) in [6.07, 6.45) is 2.31. The Morgan fingerprint density at radius 3 is 2.56 bits per heavy atom. The van der Waals surface area contributed by atoms with E-state index in [0.29, 0.717) is 35.3 Å². The van der Waals surface area contributed by atoms with Crippen LogP contribution in [0.5, 0.6) is 11.5 Å². The second-order valence-corrected chi connectivity index (χ2v) is 9.94. The average molecular weight is 534 g/mol. The Morgan fingerprint density at radius 1 is 1.08 bits per heavy atom. The van der Waals surface area contributed by atoms with E-state index in [2.05, 4.69) is 10.5 Å². The molecule has 0 aliphatic carbocycles. The molecule has 0 aliphatic rings. The van der Waals surface area contributed by atoms with E-state index in [4.69, 9.17) is 21.1 Å². The van der Waals surface area contributed by atoms with Gasteiger partial charge in [-0.2, -0.15) is 5.10 Å². The summed E-state index contributed by atoms with van der Waals surface area (Å²) in [6.45, 7) is 1.98. The molecule has 0 heterocycles. The number of halogens is 2. The summed E-state index contributed by atoms with van der Waals surface area (Å²) in [4.78, 5) is 12.3. The molecule has 190 valence electrons. The zero-order valence-electron chi connectivity index (χ0n) is 19.6. The van der Waals surface area contributed by atoms with Gasteiger partial charge in [0.2, 0.25) is 10.0 Å². The van der Waals surface area contributed by atoms with Gasteiger partial charge >= 0.3 is 0 Å². The van der Waals surface area contributed by atoms with E-state index in [1.165, 1.54) is 24.4 Å². The molecule has 0 aromatic heterocycles. The lowest BCUT2D eigenvalue weighted by Gasteiger charge is -2.21. The number of carbonyl (C=O) groups is 1. The molecule has 36 heavy (non-hydrogen) atoms. The van der Waals surface area contributed by atoms with Crippen molar-refractivity contribution in [1.82, 2.24) is 5.43 Å². The Balaban J connectivity index is 1.65. The lowest BCUT2D eigenvalue weighted by atomic mass is 10.2. The summed E-state index contributed by atoms with van der Waals surface area (Å²) in [5.74, 6) is -0.307. The van der Waals surface area contributed by atoms with Crippen LogP contribution in [0.2, 0.25) is 5.02 Å². The first-order valence-electron chi connectivity index (χ1n) is 10.8. The maximum atomic E-state index is 13.5. The van der Waals surface area contributed by atoms with Crippen molar-refractivity contribution in [3.05, 3.63) is 88.7 Å². The minimum Gasteiger partial charge on any atom is -0.490 e. The summed E-state index contributed by atoms with van der Waals surface area (Å²) in [5, 5.41) is 4.51. The molecule has 0 saturated carbocycles. The van der Waals surface area contributed by atoms with Crippen LogP contribution in [-0.4, -0.2) is 39.9 Å². The summed E-state index contributed by atoms with van der Waals surface area (Å²) < 4.78 is 50.1. The van der Waals surface area contributed by atoms with Crippen LogP contribution in [0.15, 0.2) is 71.8 Å². The predicted molar refractivity (Wildman–Crippen MR) is 138 cm³/mol. The van der Waals surface area contributed by atoms with E-state index < -0.39 is 28.3 Å². The molecule has 11 heteroatoms. The fourth-order valence-corrected chi connectivity index (χ4v) is 4.22. The van der Waals surface area contributed by atoms with Gasteiger partial charge in [-0.1, -0.05) is 29.8 Å². The Morgan fingerprint density at radius 2 is 1.86 bits per heavy atom. The largest absolute Gasteiger partial charge is 0.490 e. The molecule has 0 bridgehead atoms. The van der Waals surface area contributed by atoms with Crippen molar-refractivity contribution >= 4 is 39.4 Å². The second kappa shape index (κ2) is 12.4. The van der Waals surface area contributed by atoms with Crippen LogP contribution in [0, 0.1) is 5.82 Å². The lowest BCUT2D eigenvalue weighted by molar-refractivity contribution is -0.119. The third-order valence-corrected chi connectivity index (χ3v) is 6.11. The molecule has 1 amide bonds. The van der Waals surface area contributed by atoms with Gasteiger partial charge in [0, 0.05) is 5.02 Å². The molecule has 0 atom stereocenters. The topological polar surface area (TPSA) is 97.3 Å². The molecule has 0 aliphatic heterocycles. The quantitative estimate of drug-likeness (QED) is 0.291. The standard InChI is InChI=1S/C25H25ClFN3O5S/c1-3-34-24-13-18(10-11-23(24)35-17-19-6-4-7-20(26)12-19)15-28-29-25(31)16-30(36(2,32)33)22-9-5-8-21(27)14-22/h4-15H,3,16-17H2,1-2H3,(H,29,31). The van der Waals surface area contributed by atoms with Crippen molar-refractivity contribution in [2.75, 3.05) is 23.7 Å². The molecule has 0 fully saturated rings. The fraction of sp³-hybridized carbons (Fsp3) is 0.200. The molecule has 1 N–H and O–H groups in total.